The quantitative estimate of drug-likeness (QED) is 0.308. The van der Waals surface area contributed by atoms with Gasteiger partial charge in [-0.05, 0) is 79.4 Å². The Morgan fingerprint density at radius 2 is 1.78 bits per heavy atom. The summed E-state index contributed by atoms with van der Waals surface area (Å²) in [6.07, 6.45) is -1.04. The molecule has 0 saturated carbocycles. The van der Waals surface area contributed by atoms with E-state index in [4.69, 9.17) is 9.47 Å². The number of hydrogen-bond acceptors (Lipinski definition) is 4. The molecule has 6 nitrogen and oxygen atoms in total. The molecule has 2 aromatic carbocycles. The van der Waals surface area contributed by atoms with Gasteiger partial charge in [0.05, 0.1) is 19.4 Å². The fraction of sp³-hybridized carbons (Fsp3) is 0.222. The standard InChI is InChI=1S/C18H16I3NO5/c1-10(23)22-15-12(19)9-13(20)17(14(15)21)27-8-7-26-16(18(24)25)11-5-3-2-4-6-11/h2-6,9,16H,7-8H2,1H3,(H,22,23)(H,24,25). The van der Waals surface area contributed by atoms with Crippen LogP contribution in [0.25, 0.3) is 0 Å². The molecule has 144 valence electrons. The molecule has 0 radical (unpaired) electrons. The molecule has 2 aromatic rings. The Bertz CT molecular complexity index is 829. The number of carboxylic acid groups (broad SMARTS) is 1. The Labute approximate surface area is 197 Å². The zero-order chi connectivity index (χ0) is 20.0. The number of rotatable bonds is 8. The van der Waals surface area contributed by atoms with Crippen molar-refractivity contribution in [1.29, 1.82) is 0 Å². The molecule has 0 aliphatic heterocycles. The van der Waals surface area contributed by atoms with Crippen LogP contribution in [0.2, 0.25) is 0 Å². The summed E-state index contributed by atoms with van der Waals surface area (Å²) in [4.78, 5) is 22.9. The lowest BCUT2D eigenvalue weighted by Gasteiger charge is -2.17. The van der Waals surface area contributed by atoms with Gasteiger partial charge in [0, 0.05) is 10.5 Å². The third-order valence-electron chi connectivity index (χ3n) is 3.37. The van der Waals surface area contributed by atoms with E-state index in [2.05, 4.69) is 73.1 Å². The van der Waals surface area contributed by atoms with Crippen LogP contribution in [0.1, 0.15) is 18.6 Å². The van der Waals surface area contributed by atoms with Crippen molar-refractivity contribution < 1.29 is 24.2 Å². The maximum absolute atomic E-state index is 11.4. The highest BCUT2D eigenvalue weighted by molar-refractivity contribution is 14.1. The third kappa shape index (κ3) is 6.42. The molecule has 1 atom stereocenters. The van der Waals surface area contributed by atoms with E-state index in [1.807, 2.05) is 12.1 Å². The van der Waals surface area contributed by atoms with Gasteiger partial charge in [-0.15, -0.1) is 0 Å². The van der Waals surface area contributed by atoms with Gasteiger partial charge in [0.1, 0.15) is 12.4 Å². The molecule has 27 heavy (non-hydrogen) atoms. The van der Waals surface area contributed by atoms with Crippen LogP contribution in [0.5, 0.6) is 5.75 Å². The van der Waals surface area contributed by atoms with Crippen LogP contribution < -0.4 is 10.1 Å². The molecule has 0 aliphatic rings. The Morgan fingerprint density at radius 1 is 1.11 bits per heavy atom. The lowest BCUT2D eigenvalue weighted by atomic mass is 10.1. The number of carbonyl (C=O) groups is 2. The second-order valence-corrected chi connectivity index (χ2v) is 8.79. The summed E-state index contributed by atoms with van der Waals surface area (Å²) >= 11 is 6.45. The van der Waals surface area contributed by atoms with Gasteiger partial charge in [0.2, 0.25) is 5.91 Å². The molecule has 9 heteroatoms. The molecular formula is C18H16I3NO5. The first-order valence-corrected chi connectivity index (χ1v) is 11.0. The largest absolute Gasteiger partial charge is 0.489 e. The van der Waals surface area contributed by atoms with E-state index >= 15 is 0 Å². The average Bonchev–Trinajstić information content (AvgIpc) is 2.61. The maximum Gasteiger partial charge on any atom is 0.337 e. The number of amides is 1. The van der Waals surface area contributed by atoms with Crippen molar-refractivity contribution in [3.63, 3.8) is 0 Å². The highest BCUT2D eigenvalue weighted by Gasteiger charge is 2.21. The van der Waals surface area contributed by atoms with Gasteiger partial charge in [0.15, 0.2) is 6.10 Å². The highest BCUT2D eigenvalue weighted by Crippen LogP contribution is 2.37. The monoisotopic (exact) mass is 707 g/mol. The van der Waals surface area contributed by atoms with Crippen molar-refractivity contribution in [2.45, 2.75) is 13.0 Å². The number of ether oxygens (including phenoxy) is 2. The summed E-state index contributed by atoms with van der Waals surface area (Å²) in [5.74, 6) is -0.573. The summed E-state index contributed by atoms with van der Waals surface area (Å²) in [7, 11) is 0. The normalized spacial score (nSPS) is 11.7. The van der Waals surface area contributed by atoms with Crippen molar-refractivity contribution in [1.82, 2.24) is 0 Å². The van der Waals surface area contributed by atoms with Gasteiger partial charge < -0.3 is 19.9 Å². The first kappa shape index (κ1) is 22.6. The number of aliphatic carboxylic acids is 1. The molecule has 2 N–H and O–H groups in total. The van der Waals surface area contributed by atoms with Crippen molar-refractivity contribution >= 4 is 85.3 Å². The zero-order valence-electron chi connectivity index (χ0n) is 14.2. The molecule has 0 aromatic heterocycles. The molecule has 0 spiro atoms. The molecule has 0 heterocycles. The van der Waals surface area contributed by atoms with Gasteiger partial charge in [-0.1, -0.05) is 30.3 Å². The highest BCUT2D eigenvalue weighted by atomic mass is 127. The third-order valence-corrected chi connectivity index (χ3v) is 6.05. The molecule has 0 aliphatic carbocycles. The minimum Gasteiger partial charge on any atom is -0.489 e. The van der Waals surface area contributed by atoms with Crippen LogP contribution in [0, 0.1) is 10.7 Å². The van der Waals surface area contributed by atoms with E-state index in [-0.39, 0.29) is 19.1 Å². The number of anilines is 1. The number of hydrogen-bond donors (Lipinski definition) is 2. The number of carboxylic acids is 1. The van der Waals surface area contributed by atoms with E-state index in [9.17, 15) is 14.7 Å². The second-order valence-electron chi connectivity index (χ2n) is 5.39. The molecule has 2 rings (SSSR count). The minimum absolute atomic E-state index is 0.111. The lowest BCUT2D eigenvalue weighted by molar-refractivity contribution is -0.151. The molecule has 0 saturated heterocycles. The topological polar surface area (TPSA) is 84.9 Å². The molecule has 1 amide bonds. The van der Waals surface area contributed by atoms with Gasteiger partial charge in [-0.2, -0.15) is 0 Å². The van der Waals surface area contributed by atoms with Crippen molar-refractivity contribution in [3.8, 4) is 5.75 Å². The maximum atomic E-state index is 11.4. The summed E-state index contributed by atoms with van der Waals surface area (Å²) in [5.41, 5.74) is 1.28. The number of carbonyl (C=O) groups excluding carboxylic acids is 1. The van der Waals surface area contributed by atoms with Crippen molar-refractivity contribution in [2.75, 3.05) is 18.5 Å². The van der Waals surface area contributed by atoms with Crippen LogP contribution in [-0.4, -0.2) is 30.2 Å². The number of nitrogens with one attached hydrogen (secondary N) is 1. The van der Waals surface area contributed by atoms with Crippen molar-refractivity contribution in [3.05, 3.63) is 52.7 Å². The molecule has 1 unspecified atom stereocenters. The Hall–Kier alpha value is -0.670. The fourth-order valence-electron chi connectivity index (χ4n) is 2.24. The predicted molar refractivity (Wildman–Crippen MR) is 127 cm³/mol. The minimum atomic E-state index is -1.05. The van der Waals surface area contributed by atoms with Gasteiger partial charge in [-0.25, -0.2) is 4.79 Å². The van der Waals surface area contributed by atoms with Crippen LogP contribution in [0.3, 0.4) is 0 Å². The van der Waals surface area contributed by atoms with Crippen LogP contribution in [0.4, 0.5) is 5.69 Å². The first-order chi connectivity index (χ1) is 12.8. The number of halogens is 3. The first-order valence-electron chi connectivity index (χ1n) is 7.78. The molecule has 0 fully saturated rings. The second kappa shape index (κ2) is 10.8. The van der Waals surface area contributed by atoms with E-state index in [0.29, 0.717) is 17.0 Å². The Morgan fingerprint density at radius 3 is 2.37 bits per heavy atom. The van der Waals surface area contributed by atoms with Crippen LogP contribution >= 0.6 is 67.8 Å². The predicted octanol–water partition coefficient (Wildman–Crippen LogP) is 4.68. The van der Waals surface area contributed by atoms with Gasteiger partial charge in [-0.3, -0.25) is 4.79 Å². The fourth-order valence-corrected chi connectivity index (χ4v) is 6.20. The summed E-state index contributed by atoms with van der Waals surface area (Å²) in [6, 6.07) is 10.7. The zero-order valence-corrected chi connectivity index (χ0v) is 20.6. The Balaban J connectivity index is 2.04. The Kier molecular flexibility index (Phi) is 9.01. The summed E-state index contributed by atoms with van der Waals surface area (Å²) < 4.78 is 13.9. The van der Waals surface area contributed by atoms with Crippen LogP contribution in [0.15, 0.2) is 36.4 Å². The SMILES string of the molecule is CC(=O)Nc1c(I)cc(I)c(OCCOC(C(=O)O)c2ccccc2)c1I. The van der Waals surface area contributed by atoms with Gasteiger partial charge in [0.25, 0.3) is 0 Å². The van der Waals surface area contributed by atoms with Gasteiger partial charge >= 0.3 is 5.97 Å². The van der Waals surface area contributed by atoms with Crippen molar-refractivity contribution in [2.24, 2.45) is 0 Å². The van der Waals surface area contributed by atoms with E-state index < -0.39 is 12.1 Å². The van der Waals surface area contributed by atoms with E-state index in [1.54, 1.807) is 24.3 Å². The lowest BCUT2D eigenvalue weighted by Crippen LogP contribution is -2.19. The molecular weight excluding hydrogens is 691 g/mol. The van der Waals surface area contributed by atoms with E-state index in [1.165, 1.54) is 6.92 Å². The van der Waals surface area contributed by atoms with Crippen LogP contribution in [-0.2, 0) is 14.3 Å². The summed E-state index contributed by atoms with van der Waals surface area (Å²) in [5, 5.41) is 12.2. The smallest absolute Gasteiger partial charge is 0.337 e. The molecule has 0 bridgehead atoms. The number of benzene rings is 2. The van der Waals surface area contributed by atoms with E-state index in [0.717, 1.165) is 10.7 Å². The summed E-state index contributed by atoms with van der Waals surface area (Å²) in [6.45, 7) is 1.75. The average molecular weight is 707 g/mol.